The number of rotatable bonds is 5. The van der Waals surface area contributed by atoms with E-state index in [2.05, 4.69) is 15.5 Å². The van der Waals surface area contributed by atoms with Crippen molar-refractivity contribution >= 4 is 5.91 Å². The molecule has 0 aliphatic carbocycles. The van der Waals surface area contributed by atoms with Crippen LogP contribution in [0.25, 0.3) is 0 Å². The molecule has 0 saturated heterocycles. The third-order valence-corrected chi connectivity index (χ3v) is 3.10. The Bertz CT molecular complexity index is 593. The van der Waals surface area contributed by atoms with Crippen molar-refractivity contribution in [1.82, 2.24) is 20.1 Å². The number of hydrogen-bond donors (Lipinski definition) is 2. The van der Waals surface area contributed by atoms with Crippen LogP contribution in [0.2, 0.25) is 0 Å². The SMILES string of the molecule is CC(NC(=O)c1cccc(CCN)c1)c1nncn1C. The summed E-state index contributed by atoms with van der Waals surface area (Å²) in [5.41, 5.74) is 7.22. The van der Waals surface area contributed by atoms with Crippen LogP contribution in [-0.2, 0) is 13.5 Å². The van der Waals surface area contributed by atoms with Gasteiger partial charge in [0, 0.05) is 12.6 Å². The zero-order chi connectivity index (χ0) is 14.5. The van der Waals surface area contributed by atoms with Crippen LogP contribution in [0.4, 0.5) is 0 Å². The van der Waals surface area contributed by atoms with E-state index in [1.165, 1.54) is 0 Å². The molecule has 0 saturated carbocycles. The average Bonchev–Trinajstić information content (AvgIpc) is 2.86. The number of amides is 1. The van der Waals surface area contributed by atoms with Crippen molar-refractivity contribution in [3.63, 3.8) is 0 Å². The van der Waals surface area contributed by atoms with Gasteiger partial charge >= 0.3 is 0 Å². The molecule has 106 valence electrons. The molecule has 1 heterocycles. The Morgan fingerprint density at radius 3 is 2.95 bits per heavy atom. The van der Waals surface area contributed by atoms with Crippen LogP contribution >= 0.6 is 0 Å². The molecule has 1 atom stereocenters. The standard InChI is InChI=1S/C14H19N5O/c1-10(13-18-16-9-19(13)2)17-14(20)12-5-3-4-11(8-12)6-7-15/h3-5,8-10H,6-7,15H2,1-2H3,(H,17,20). The zero-order valence-electron chi connectivity index (χ0n) is 11.7. The molecule has 0 fully saturated rings. The Morgan fingerprint density at radius 2 is 2.30 bits per heavy atom. The Hall–Kier alpha value is -2.21. The summed E-state index contributed by atoms with van der Waals surface area (Å²) in [5.74, 6) is 0.593. The van der Waals surface area contributed by atoms with Crippen LogP contribution in [0.1, 0.15) is 34.7 Å². The smallest absolute Gasteiger partial charge is 0.251 e. The van der Waals surface area contributed by atoms with Gasteiger partial charge in [0.15, 0.2) is 5.82 Å². The van der Waals surface area contributed by atoms with Crippen molar-refractivity contribution in [3.05, 3.63) is 47.5 Å². The molecule has 20 heavy (non-hydrogen) atoms. The van der Waals surface area contributed by atoms with Gasteiger partial charge in [0.2, 0.25) is 0 Å². The van der Waals surface area contributed by atoms with Gasteiger partial charge in [0.1, 0.15) is 6.33 Å². The Morgan fingerprint density at radius 1 is 1.50 bits per heavy atom. The molecular weight excluding hydrogens is 254 g/mol. The Labute approximate surface area is 118 Å². The molecule has 1 aromatic heterocycles. The summed E-state index contributed by atoms with van der Waals surface area (Å²) in [5, 5.41) is 10.7. The number of aryl methyl sites for hydroxylation is 1. The minimum absolute atomic E-state index is 0.126. The van der Waals surface area contributed by atoms with Crippen molar-refractivity contribution in [2.75, 3.05) is 6.54 Å². The molecular formula is C14H19N5O. The van der Waals surface area contributed by atoms with Gasteiger partial charge in [-0.05, 0) is 37.6 Å². The van der Waals surface area contributed by atoms with Crippen LogP contribution < -0.4 is 11.1 Å². The monoisotopic (exact) mass is 273 g/mol. The topological polar surface area (TPSA) is 85.8 Å². The van der Waals surface area contributed by atoms with E-state index in [1.807, 2.05) is 32.2 Å². The maximum Gasteiger partial charge on any atom is 0.251 e. The molecule has 0 radical (unpaired) electrons. The van der Waals surface area contributed by atoms with E-state index in [-0.39, 0.29) is 11.9 Å². The molecule has 2 rings (SSSR count). The number of benzene rings is 1. The van der Waals surface area contributed by atoms with Gasteiger partial charge < -0.3 is 15.6 Å². The summed E-state index contributed by atoms with van der Waals surface area (Å²) in [6, 6.07) is 7.29. The molecule has 6 nitrogen and oxygen atoms in total. The van der Waals surface area contributed by atoms with Crippen LogP contribution in [0.5, 0.6) is 0 Å². The molecule has 1 amide bonds. The molecule has 2 aromatic rings. The summed E-state index contributed by atoms with van der Waals surface area (Å²) in [4.78, 5) is 12.2. The highest BCUT2D eigenvalue weighted by Gasteiger charge is 2.15. The molecule has 0 aliphatic rings. The number of nitrogens with two attached hydrogens (primary N) is 1. The quantitative estimate of drug-likeness (QED) is 0.844. The van der Waals surface area contributed by atoms with Crippen LogP contribution in [0, 0.1) is 0 Å². The van der Waals surface area contributed by atoms with Crippen molar-refractivity contribution in [2.24, 2.45) is 12.8 Å². The summed E-state index contributed by atoms with van der Waals surface area (Å²) < 4.78 is 1.79. The van der Waals surface area contributed by atoms with E-state index in [0.29, 0.717) is 12.1 Å². The van der Waals surface area contributed by atoms with Gasteiger partial charge in [-0.1, -0.05) is 12.1 Å². The van der Waals surface area contributed by atoms with E-state index in [0.717, 1.165) is 17.8 Å². The lowest BCUT2D eigenvalue weighted by Crippen LogP contribution is -2.28. The highest BCUT2D eigenvalue weighted by Crippen LogP contribution is 2.10. The number of carbonyl (C=O) groups excluding carboxylic acids is 1. The fourth-order valence-corrected chi connectivity index (χ4v) is 2.06. The largest absolute Gasteiger partial charge is 0.342 e. The molecule has 1 unspecified atom stereocenters. The van der Waals surface area contributed by atoms with Crippen molar-refractivity contribution in [1.29, 1.82) is 0 Å². The van der Waals surface area contributed by atoms with E-state index in [9.17, 15) is 4.79 Å². The molecule has 0 aliphatic heterocycles. The summed E-state index contributed by atoms with van der Waals surface area (Å²) in [6.07, 6.45) is 2.37. The van der Waals surface area contributed by atoms with Gasteiger partial charge in [-0.2, -0.15) is 0 Å². The summed E-state index contributed by atoms with van der Waals surface area (Å²) in [7, 11) is 1.85. The van der Waals surface area contributed by atoms with Gasteiger partial charge in [-0.3, -0.25) is 4.79 Å². The van der Waals surface area contributed by atoms with Gasteiger partial charge in [0.25, 0.3) is 5.91 Å². The fourth-order valence-electron chi connectivity index (χ4n) is 2.06. The first-order chi connectivity index (χ1) is 9.61. The molecule has 0 bridgehead atoms. The van der Waals surface area contributed by atoms with E-state index < -0.39 is 0 Å². The first kappa shape index (κ1) is 14.2. The maximum absolute atomic E-state index is 12.2. The number of nitrogens with zero attached hydrogens (tertiary/aromatic N) is 3. The lowest BCUT2D eigenvalue weighted by Gasteiger charge is -2.13. The third-order valence-electron chi connectivity index (χ3n) is 3.10. The lowest BCUT2D eigenvalue weighted by atomic mass is 10.1. The predicted molar refractivity (Wildman–Crippen MR) is 76.1 cm³/mol. The highest BCUT2D eigenvalue weighted by atomic mass is 16.1. The fraction of sp³-hybridized carbons (Fsp3) is 0.357. The molecule has 3 N–H and O–H groups in total. The van der Waals surface area contributed by atoms with Crippen molar-refractivity contribution < 1.29 is 4.79 Å². The highest BCUT2D eigenvalue weighted by molar-refractivity contribution is 5.94. The second kappa shape index (κ2) is 6.29. The Kier molecular flexibility index (Phi) is 4.47. The van der Waals surface area contributed by atoms with Crippen LogP contribution in [-0.4, -0.2) is 27.2 Å². The minimum atomic E-state index is -0.201. The van der Waals surface area contributed by atoms with E-state index >= 15 is 0 Å². The molecule has 0 spiro atoms. The first-order valence-electron chi connectivity index (χ1n) is 6.55. The minimum Gasteiger partial charge on any atom is -0.342 e. The summed E-state index contributed by atoms with van der Waals surface area (Å²) in [6.45, 7) is 2.45. The lowest BCUT2D eigenvalue weighted by molar-refractivity contribution is 0.0937. The maximum atomic E-state index is 12.2. The molecule has 6 heteroatoms. The van der Waals surface area contributed by atoms with Gasteiger partial charge in [0.05, 0.1) is 6.04 Å². The predicted octanol–water partition coefficient (Wildman–Crippen LogP) is 0.807. The van der Waals surface area contributed by atoms with Crippen LogP contribution in [0.15, 0.2) is 30.6 Å². The normalized spacial score (nSPS) is 12.2. The first-order valence-corrected chi connectivity index (χ1v) is 6.55. The zero-order valence-corrected chi connectivity index (χ0v) is 11.7. The second-order valence-corrected chi connectivity index (χ2v) is 4.73. The van der Waals surface area contributed by atoms with E-state index in [4.69, 9.17) is 5.73 Å². The van der Waals surface area contributed by atoms with E-state index in [1.54, 1.807) is 17.0 Å². The Balaban J connectivity index is 2.08. The van der Waals surface area contributed by atoms with Crippen molar-refractivity contribution in [3.8, 4) is 0 Å². The van der Waals surface area contributed by atoms with Crippen LogP contribution in [0.3, 0.4) is 0 Å². The second-order valence-electron chi connectivity index (χ2n) is 4.73. The number of nitrogens with one attached hydrogen (secondary N) is 1. The van der Waals surface area contributed by atoms with Crippen molar-refractivity contribution in [2.45, 2.75) is 19.4 Å². The third kappa shape index (κ3) is 3.21. The number of aromatic nitrogens is 3. The number of hydrogen-bond acceptors (Lipinski definition) is 4. The van der Waals surface area contributed by atoms with Gasteiger partial charge in [-0.25, -0.2) is 0 Å². The summed E-state index contributed by atoms with van der Waals surface area (Å²) >= 11 is 0. The van der Waals surface area contributed by atoms with Gasteiger partial charge in [-0.15, -0.1) is 10.2 Å². The number of carbonyl (C=O) groups is 1. The average molecular weight is 273 g/mol. The molecule has 1 aromatic carbocycles.